The number of pyridine rings is 1. The van der Waals surface area contributed by atoms with Crippen LogP contribution in [0, 0.1) is 0 Å². The molecule has 0 atom stereocenters. The average Bonchev–Trinajstić information content (AvgIpc) is 3.19. The van der Waals surface area contributed by atoms with Crippen LogP contribution in [0.3, 0.4) is 0 Å². The van der Waals surface area contributed by atoms with Crippen LogP contribution in [0.4, 0.5) is 4.79 Å². The van der Waals surface area contributed by atoms with Crippen molar-refractivity contribution in [3.63, 3.8) is 0 Å². The van der Waals surface area contributed by atoms with Crippen LogP contribution in [0.1, 0.15) is 32.6 Å². The maximum Gasteiger partial charge on any atom is 0.293 e. The molecule has 7 heteroatoms. The van der Waals surface area contributed by atoms with Gasteiger partial charge in [-0.3, -0.25) is 14.5 Å². The van der Waals surface area contributed by atoms with E-state index < -0.39 is 0 Å². The Kier molecular flexibility index (Phi) is 5.75. The van der Waals surface area contributed by atoms with E-state index in [0.29, 0.717) is 18.1 Å². The zero-order valence-electron chi connectivity index (χ0n) is 14.2. The first-order valence-corrected chi connectivity index (χ1v) is 9.30. The third-order valence-corrected chi connectivity index (χ3v) is 4.87. The van der Waals surface area contributed by atoms with Crippen LogP contribution in [0.2, 0.25) is 0 Å². The van der Waals surface area contributed by atoms with Crippen molar-refractivity contribution in [3.8, 4) is 5.75 Å². The molecule has 2 aromatic heterocycles. The lowest BCUT2D eigenvalue weighted by Crippen LogP contribution is -2.29. The molecule has 0 N–H and O–H groups in total. The maximum atomic E-state index is 12.2. The van der Waals surface area contributed by atoms with Crippen LogP contribution in [-0.4, -0.2) is 38.6 Å². The number of hydrogen-bond donors (Lipinski definition) is 0. The largest absolute Gasteiger partial charge is 0.490 e. The van der Waals surface area contributed by atoms with E-state index in [2.05, 4.69) is 4.98 Å². The molecule has 1 aliphatic rings. The Bertz CT molecular complexity index is 800. The fourth-order valence-corrected chi connectivity index (χ4v) is 3.47. The fourth-order valence-electron chi connectivity index (χ4n) is 2.59. The minimum atomic E-state index is -0.171. The lowest BCUT2D eigenvalue weighted by Gasteiger charge is -2.12. The first kappa shape index (κ1) is 17.5. The number of ether oxygens (including phenoxy) is 1. The van der Waals surface area contributed by atoms with Gasteiger partial charge in [0.05, 0.1) is 11.5 Å². The topological polar surface area (TPSA) is 63.9 Å². The van der Waals surface area contributed by atoms with Gasteiger partial charge in [-0.1, -0.05) is 19.4 Å². The van der Waals surface area contributed by atoms with Crippen LogP contribution in [0.15, 0.2) is 41.7 Å². The number of imidazole rings is 1. The molecule has 0 radical (unpaired) electrons. The van der Waals surface area contributed by atoms with Gasteiger partial charge in [-0.05, 0) is 43.2 Å². The summed E-state index contributed by atoms with van der Waals surface area (Å²) in [6, 6.07) is 3.80. The number of thioether (sulfide) groups is 1. The number of aromatic nitrogens is 2. The van der Waals surface area contributed by atoms with Crippen molar-refractivity contribution >= 4 is 28.6 Å². The summed E-state index contributed by atoms with van der Waals surface area (Å²) in [6.45, 7) is 3.00. The zero-order valence-corrected chi connectivity index (χ0v) is 15.0. The van der Waals surface area contributed by atoms with Crippen LogP contribution < -0.4 is 4.74 Å². The number of hydrogen-bond acceptors (Lipinski definition) is 5. The van der Waals surface area contributed by atoms with Crippen LogP contribution in [0.25, 0.3) is 5.65 Å². The normalized spacial score (nSPS) is 16.4. The summed E-state index contributed by atoms with van der Waals surface area (Å²) in [5.74, 6) is 0.577. The van der Waals surface area contributed by atoms with E-state index in [-0.39, 0.29) is 11.1 Å². The van der Waals surface area contributed by atoms with E-state index in [9.17, 15) is 9.59 Å². The highest BCUT2D eigenvalue weighted by atomic mass is 32.2. The lowest BCUT2D eigenvalue weighted by atomic mass is 10.3. The van der Waals surface area contributed by atoms with Gasteiger partial charge in [-0.15, -0.1) is 0 Å². The molecule has 0 unspecified atom stereocenters. The molecular weight excluding hydrogens is 338 g/mol. The Hall–Kier alpha value is -2.28. The Balaban J connectivity index is 1.45. The van der Waals surface area contributed by atoms with Crippen molar-refractivity contribution in [3.05, 3.63) is 41.7 Å². The SMILES string of the molecule is CCC/C=C1\SC(=O)N(CCCCOc2cccn3ccnc23)C1=O. The summed E-state index contributed by atoms with van der Waals surface area (Å²) >= 11 is 1.04. The van der Waals surface area contributed by atoms with Crippen molar-refractivity contribution in [1.82, 2.24) is 14.3 Å². The fraction of sp³-hybridized carbons (Fsp3) is 0.389. The Labute approximate surface area is 150 Å². The number of fused-ring (bicyclic) bond motifs is 1. The minimum absolute atomic E-state index is 0.161. The predicted octanol–water partition coefficient (Wildman–Crippen LogP) is 3.87. The van der Waals surface area contributed by atoms with Gasteiger partial charge in [-0.2, -0.15) is 0 Å². The molecule has 2 amide bonds. The van der Waals surface area contributed by atoms with Crippen LogP contribution in [0.5, 0.6) is 5.75 Å². The summed E-state index contributed by atoms with van der Waals surface area (Å²) < 4.78 is 7.68. The average molecular weight is 359 g/mol. The second kappa shape index (κ2) is 8.20. The highest BCUT2D eigenvalue weighted by molar-refractivity contribution is 8.18. The van der Waals surface area contributed by atoms with Crippen molar-refractivity contribution in [2.75, 3.05) is 13.2 Å². The maximum absolute atomic E-state index is 12.2. The highest BCUT2D eigenvalue weighted by Crippen LogP contribution is 2.31. The van der Waals surface area contributed by atoms with Gasteiger partial charge >= 0.3 is 0 Å². The standard InChI is InChI=1S/C18H21N3O3S/c1-2-3-8-15-17(22)21(18(23)25-15)11-4-5-13-24-14-7-6-10-20-12-9-19-16(14)20/h6-10,12H,2-5,11,13H2,1H3/b15-8-. The first-order chi connectivity index (χ1) is 12.2. The van der Waals surface area contributed by atoms with Gasteiger partial charge in [0, 0.05) is 25.1 Å². The predicted molar refractivity (Wildman–Crippen MR) is 97.6 cm³/mol. The van der Waals surface area contributed by atoms with Gasteiger partial charge in [0.2, 0.25) is 0 Å². The Morgan fingerprint density at radius 1 is 1.28 bits per heavy atom. The summed E-state index contributed by atoms with van der Waals surface area (Å²) in [5.41, 5.74) is 0.787. The summed E-state index contributed by atoms with van der Waals surface area (Å²) in [6.07, 6.45) is 10.6. The molecule has 1 aliphatic heterocycles. The van der Waals surface area contributed by atoms with Gasteiger partial charge in [0.1, 0.15) is 0 Å². The first-order valence-electron chi connectivity index (χ1n) is 8.49. The summed E-state index contributed by atoms with van der Waals surface area (Å²) in [4.78, 5) is 30.3. The quantitative estimate of drug-likeness (QED) is 0.529. The zero-order chi connectivity index (χ0) is 17.6. The van der Waals surface area contributed by atoms with E-state index in [4.69, 9.17) is 4.74 Å². The molecule has 3 heterocycles. The minimum Gasteiger partial charge on any atom is -0.490 e. The number of amides is 2. The summed E-state index contributed by atoms with van der Waals surface area (Å²) in [7, 11) is 0. The molecule has 25 heavy (non-hydrogen) atoms. The number of unbranched alkanes of at least 4 members (excludes halogenated alkanes) is 2. The second-order valence-electron chi connectivity index (χ2n) is 5.77. The molecule has 1 saturated heterocycles. The Morgan fingerprint density at radius 3 is 3.00 bits per heavy atom. The smallest absolute Gasteiger partial charge is 0.293 e. The number of nitrogens with zero attached hydrogens (tertiary/aromatic N) is 3. The number of allylic oxidation sites excluding steroid dienone is 1. The molecule has 0 aromatic carbocycles. The van der Waals surface area contributed by atoms with E-state index in [1.165, 1.54) is 4.90 Å². The van der Waals surface area contributed by atoms with E-state index in [1.54, 1.807) is 6.20 Å². The molecular formula is C18H21N3O3S. The summed E-state index contributed by atoms with van der Waals surface area (Å²) in [5, 5.41) is -0.171. The van der Waals surface area contributed by atoms with Crippen molar-refractivity contribution < 1.29 is 14.3 Å². The van der Waals surface area contributed by atoms with Crippen LogP contribution in [-0.2, 0) is 4.79 Å². The molecule has 0 aliphatic carbocycles. The molecule has 132 valence electrons. The third-order valence-electron chi connectivity index (χ3n) is 3.91. The van der Waals surface area contributed by atoms with Crippen molar-refractivity contribution in [2.45, 2.75) is 32.6 Å². The van der Waals surface area contributed by atoms with Gasteiger partial charge in [0.25, 0.3) is 11.1 Å². The Morgan fingerprint density at radius 2 is 2.16 bits per heavy atom. The molecule has 2 aromatic rings. The lowest BCUT2D eigenvalue weighted by molar-refractivity contribution is -0.122. The molecule has 6 nitrogen and oxygen atoms in total. The number of carbonyl (C=O) groups excluding carboxylic acids is 2. The molecule has 1 fully saturated rings. The molecule has 0 bridgehead atoms. The third kappa shape index (κ3) is 4.04. The molecule has 0 saturated carbocycles. The van der Waals surface area contributed by atoms with E-state index in [1.807, 2.05) is 41.9 Å². The van der Waals surface area contributed by atoms with Crippen molar-refractivity contribution in [2.24, 2.45) is 0 Å². The number of carbonyl (C=O) groups is 2. The molecule has 0 spiro atoms. The van der Waals surface area contributed by atoms with Gasteiger partial charge in [-0.25, -0.2) is 4.98 Å². The number of imide groups is 1. The van der Waals surface area contributed by atoms with E-state index in [0.717, 1.165) is 48.8 Å². The van der Waals surface area contributed by atoms with E-state index >= 15 is 0 Å². The van der Waals surface area contributed by atoms with Crippen molar-refractivity contribution in [1.29, 1.82) is 0 Å². The molecule has 3 rings (SSSR count). The van der Waals surface area contributed by atoms with Gasteiger partial charge < -0.3 is 9.14 Å². The van der Waals surface area contributed by atoms with Crippen LogP contribution >= 0.6 is 11.8 Å². The van der Waals surface area contributed by atoms with Gasteiger partial charge in [0.15, 0.2) is 11.4 Å². The highest BCUT2D eigenvalue weighted by Gasteiger charge is 2.34. The second-order valence-corrected chi connectivity index (χ2v) is 6.76. The monoisotopic (exact) mass is 359 g/mol. The number of rotatable bonds is 8.